The molecule has 138 valence electrons. The molecular formula is C18H20BrN3O3S. The third-order valence-electron chi connectivity index (χ3n) is 4.18. The highest BCUT2D eigenvalue weighted by atomic mass is 79.9. The number of urea groups is 1. The largest absolute Gasteiger partial charge is 0.325 e. The van der Waals surface area contributed by atoms with Gasteiger partial charge in [0.15, 0.2) is 0 Å². The number of para-hydroxylation sites is 1. The van der Waals surface area contributed by atoms with E-state index in [-0.39, 0.29) is 10.9 Å². The number of rotatable bonds is 4. The lowest BCUT2D eigenvalue weighted by Crippen LogP contribution is -2.38. The van der Waals surface area contributed by atoms with Crippen molar-refractivity contribution in [2.24, 2.45) is 0 Å². The van der Waals surface area contributed by atoms with Gasteiger partial charge in [-0.3, -0.25) is 4.72 Å². The molecule has 1 aliphatic heterocycles. The maximum absolute atomic E-state index is 12.5. The van der Waals surface area contributed by atoms with E-state index in [0.717, 1.165) is 32.4 Å². The topological polar surface area (TPSA) is 78.5 Å². The van der Waals surface area contributed by atoms with Crippen LogP contribution in [0.2, 0.25) is 0 Å². The summed E-state index contributed by atoms with van der Waals surface area (Å²) in [7, 11) is -3.70. The molecule has 2 amide bonds. The zero-order chi connectivity index (χ0) is 18.6. The number of amides is 2. The molecule has 1 saturated heterocycles. The van der Waals surface area contributed by atoms with E-state index >= 15 is 0 Å². The number of nitrogens with one attached hydrogen (secondary N) is 2. The minimum atomic E-state index is -3.70. The molecule has 1 fully saturated rings. The summed E-state index contributed by atoms with van der Waals surface area (Å²) in [5, 5.41) is 2.81. The Balaban J connectivity index is 1.68. The summed E-state index contributed by atoms with van der Waals surface area (Å²) in [6.07, 6.45) is 3.19. The predicted molar refractivity (Wildman–Crippen MR) is 106 cm³/mol. The second kappa shape index (κ2) is 8.09. The predicted octanol–water partition coefficient (Wildman–Crippen LogP) is 4.27. The normalized spacial score (nSPS) is 14.7. The van der Waals surface area contributed by atoms with E-state index in [2.05, 4.69) is 26.0 Å². The van der Waals surface area contributed by atoms with Crippen molar-refractivity contribution in [2.45, 2.75) is 24.2 Å². The fourth-order valence-corrected chi connectivity index (χ4v) is 4.36. The number of benzene rings is 2. The third-order valence-corrected chi connectivity index (χ3v) is 6.25. The van der Waals surface area contributed by atoms with Gasteiger partial charge in [0.25, 0.3) is 10.0 Å². The summed E-state index contributed by atoms with van der Waals surface area (Å²) in [6, 6.07) is 13.0. The van der Waals surface area contributed by atoms with Crippen LogP contribution >= 0.6 is 15.9 Å². The van der Waals surface area contributed by atoms with E-state index in [0.29, 0.717) is 15.8 Å². The molecule has 1 heterocycles. The first-order valence-electron chi connectivity index (χ1n) is 8.39. The number of anilines is 2. The fourth-order valence-electron chi connectivity index (χ4n) is 2.76. The summed E-state index contributed by atoms with van der Waals surface area (Å²) < 4.78 is 28.2. The molecular weight excluding hydrogens is 418 g/mol. The Morgan fingerprint density at radius 3 is 2.27 bits per heavy atom. The summed E-state index contributed by atoms with van der Waals surface area (Å²) in [4.78, 5) is 14.1. The number of likely N-dealkylation sites (tertiary alicyclic amines) is 1. The van der Waals surface area contributed by atoms with Crippen LogP contribution in [-0.2, 0) is 10.0 Å². The monoisotopic (exact) mass is 437 g/mol. The van der Waals surface area contributed by atoms with Gasteiger partial charge in [-0.2, -0.15) is 0 Å². The zero-order valence-electron chi connectivity index (χ0n) is 14.1. The molecule has 0 unspecified atom stereocenters. The van der Waals surface area contributed by atoms with Gasteiger partial charge >= 0.3 is 6.03 Å². The molecule has 0 saturated carbocycles. The van der Waals surface area contributed by atoms with Crippen LogP contribution in [0.4, 0.5) is 16.2 Å². The minimum Gasteiger partial charge on any atom is -0.325 e. The Hall–Kier alpha value is -2.06. The number of nitrogens with zero attached hydrogens (tertiary/aromatic N) is 1. The molecule has 3 rings (SSSR count). The lowest BCUT2D eigenvalue weighted by Gasteiger charge is -2.26. The van der Waals surface area contributed by atoms with E-state index in [1.54, 1.807) is 35.2 Å². The van der Waals surface area contributed by atoms with Crippen LogP contribution in [0.15, 0.2) is 57.9 Å². The molecule has 6 nitrogen and oxygen atoms in total. The Morgan fingerprint density at radius 2 is 1.62 bits per heavy atom. The molecule has 0 atom stereocenters. The van der Waals surface area contributed by atoms with Crippen LogP contribution in [-0.4, -0.2) is 32.4 Å². The number of sulfonamides is 1. The highest BCUT2D eigenvalue weighted by molar-refractivity contribution is 9.10. The third kappa shape index (κ3) is 4.56. The van der Waals surface area contributed by atoms with Crippen molar-refractivity contribution in [2.75, 3.05) is 23.1 Å². The Kier molecular flexibility index (Phi) is 5.83. The number of hydrogen-bond donors (Lipinski definition) is 2. The number of hydrogen-bond acceptors (Lipinski definition) is 3. The van der Waals surface area contributed by atoms with Crippen molar-refractivity contribution < 1.29 is 13.2 Å². The SMILES string of the molecule is O=C(Nc1ccc(S(=O)(=O)Nc2ccccc2Br)cc1)N1CCCCC1. The zero-order valence-corrected chi connectivity index (χ0v) is 16.5. The number of carbonyl (C=O) groups excluding carboxylic acids is 1. The lowest BCUT2D eigenvalue weighted by atomic mass is 10.1. The molecule has 2 aromatic carbocycles. The van der Waals surface area contributed by atoms with Crippen LogP contribution in [0.5, 0.6) is 0 Å². The van der Waals surface area contributed by atoms with E-state index in [4.69, 9.17) is 0 Å². The van der Waals surface area contributed by atoms with Gasteiger partial charge in [0, 0.05) is 23.2 Å². The van der Waals surface area contributed by atoms with Gasteiger partial charge in [0.05, 0.1) is 10.6 Å². The van der Waals surface area contributed by atoms with Gasteiger partial charge in [0.1, 0.15) is 0 Å². The van der Waals surface area contributed by atoms with Gasteiger partial charge in [-0.25, -0.2) is 13.2 Å². The van der Waals surface area contributed by atoms with Crippen LogP contribution in [0, 0.1) is 0 Å². The lowest BCUT2D eigenvalue weighted by molar-refractivity contribution is 0.200. The van der Waals surface area contributed by atoms with Crippen molar-refractivity contribution in [3.05, 3.63) is 53.0 Å². The van der Waals surface area contributed by atoms with Gasteiger partial charge < -0.3 is 10.2 Å². The first kappa shape index (κ1) is 18.7. The Labute approximate surface area is 161 Å². The summed E-state index contributed by atoms with van der Waals surface area (Å²) >= 11 is 3.32. The van der Waals surface area contributed by atoms with Crippen molar-refractivity contribution in [3.8, 4) is 0 Å². The highest BCUT2D eigenvalue weighted by Gasteiger charge is 2.18. The summed E-state index contributed by atoms with van der Waals surface area (Å²) in [5.41, 5.74) is 1.04. The summed E-state index contributed by atoms with van der Waals surface area (Å²) in [6.45, 7) is 1.52. The molecule has 8 heteroatoms. The number of carbonyl (C=O) groups is 1. The molecule has 0 spiro atoms. The van der Waals surface area contributed by atoms with E-state index < -0.39 is 10.0 Å². The second-order valence-electron chi connectivity index (χ2n) is 6.09. The van der Waals surface area contributed by atoms with Gasteiger partial charge in [-0.05, 0) is 71.6 Å². The number of halogens is 1. The molecule has 0 bridgehead atoms. The van der Waals surface area contributed by atoms with Crippen molar-refractivity contribution >= 4 is 43.4 Å². The van der Waals surface area contributed by atoms with Crippen LogP contribution in [0.3, 0.4) is 0 Å². The smallest absolute Gasteiger partial charge is 0.321 e. The quantitative estimate of drug-likeness (QED) is 0.749. The molecule has 26 heavy (non-hydrogen) atoms. The van der Waals surface area contributed by atoms with E-state index in [1.165, 1.54) is 12.1 Å². The second-order valence-corrected chi connectivity index (χ2v) is 8.62. The average molecular weight is 438 g/mol. The molecule has 0 aromatic heterocycles. The molecule has 2 aromatic rings. The van der Waals surface area contributed by atoms with Crippen molar-refractivity contribution in [1.29, 1.82) is 0 Å². The van der Waals surface area contributed by atoms with E-state index in [9.17, 15) is 13.2 Å². The van der Waals surface area contributed by atoms with Gasteiger partial charge in [-0.15, -0.1) is 0 Å². The molecule has 1 aliphatic rings. The van der Waals surface area contributed by atoms with Gasteiger partial charge in [-0.1, -0.05) is 12.1 Å². The van der Waals surface area contributed by atoms with E-state index in [1.807, 2.05) is 6.07 Å². The van der Waals surface area contributed by atoms with Crippen molar-refractivity contribution in [1.82, 2.24) is 4.90 Å². The van der Waals surface area contributed by atoms with Crippen LogP contribution in [0.25, 0.3) is 0 Å². The fraction of sp³-hybridized carbons (Fsp3) is 0.278. The number of piperidine rings is 1. The maximum Gasteiger partial charge on any atom is 0.321 e. The molecule has 0 aliphatic carbocycles. The van der Waals surface area contributed by atoms with Gasteiger partial charge in [0.2, 0.25) is 0 Å². The molecule has 0 radical (unpaired) electrons. The highest BCUT2D eigenvalue weighted by Crippen LogP contribution is 2.25. The first-order valence-corrected chi connectivity index (χ1v) is 10.7. The average Bonchev–Trinajstić information content (AvgIpc) is 2.65. The standard InChI is InChI=1S/C18H20BrN3O3S/c19-16-6-2-3-7-17(16)21-26(24,25)15-10-8-14(9-11-15)20-18(23)22-12-4-1-5-13-22/h2-3,6-11,21H,1,4-5,12-13H2,(H,20,23). The minimum absolute atomic E-state index is 0.129. The van der Waals surface area contributed by atoms with Crippen LogP contribution in [0.1, 0.15) is 19.3 Å². The van der Waals surface area contributed by atoms with Crippen molar-refractivity contribution in [3.63, 3.8) is 0 Å². The Bertz CT molecular complexity index is 879. The summed E-state index contributed by atoms with van der Waals surface area (Å²) in [5.74, 6) is 0. The first-order chi connectivity index (χ1) is 12.5. The van der Waals surface area contributed by atoms with Crippen LogP contribution < -0.4 is 10.0 Å². The maximum atomic E-state index is 12.5. The molecule has 2 N–H and O–H groups in total. The Morgan fingerprint density at radius 1 is 0.962 bits per heavy atom.